The molecule has 0 nitrogen and oxygen atoms in total. The molecule has 90 valence electrons. The largest absolute Gasteiger partial charge is 0.0859 e. The number of allylic oxidation sites excluding steroid dienone is 2. The zero-order chi connectivity index (χ0) is 11.7. The summed E-state index contributed by atoms with van der Waals surface area (Å²) >= 11 is 0. The molecule has 0 aromatic rings. The Morgan fingerprint density at radius 1 is 1.00 bits per heavy atom. The minimum atomic E-state index is 0.907. The molecule has 0 bridgehead atoms. The summed E-state index contributed by atoms with van der Waals surface area (Å²) in [4.78, 5) is 0. The highest BCUT2D eigenvalue weighted by molar-refractivity contribution is 4.92. The van der Waals surface area contributed by atoms with Crippen molar-refractivity contribution in [2.45, 2.75) is 73.1 Å². The van der Waals surface area contributed by atoms with Crippen LogP contribution in [0, 0.1) is 11.8 Å². The van der Waals surface area contributed by atoms with Crippen LogP contribution in [0.15, 0.2) is 11.6 Å². The van der Waals surface area contributed by atoms with E-state index in [1.54, 1.807) is 0 Å². The second-order valence-corrected chi connectivity index (χ2v) is 5.41. The molecule has 0 saturated heterocycles. The fourth-order valence-corrected chi connectivity index (χ4v) is 1.82. The standard InChI is InChI=1S/C15H30/c1-6-14(4)10-8-12-15(5)11-7-9-13(2)3/h9,14-15H,6-8,10-12H2,1-5H3/t14?,15-/m0/s1. The summed E-state index contributed by atoms with van der Waals surface area (Å²) in [5.74, 6) is 1.83. The van der Waals surface area contributed by atoms with E-state index in [0.717, 1.165) is 11.8 Å². The third kappa shape index (κ3) is 10.0. The fourth-order valence-electron chi connectivity index (χ4n) is 1.82. The van der Waals surface area contributed by atoms with Crippen LogP contribution >= 0.6 is 0 Å². The van der Waals surface area contributed by atoms with Gasteiger partial charge >= 0.3 is 0 Å². The van der Waals surface area contributed by atoms with Gasteiger partial charge in [-0.25, -0.2) is 0 Å². The van der Waals surface area contributed by atoms with E-state index in [1.807, 2.05) is 0 Å². The van der Waals surface area contributed by atoms with Gasteiger partial charge in [0, 0.05) is 0 Å². The third-order valence-corrected chi connectivity index (χ3v) is 3.30. The van der Waals surface area contributed by atoms with Crippen molar-refractivity contribution >= 4 is 0 Å². The minimum Gasteiger partial charge on any atom is -0.0859 e. The molecule has 15 heavy (non-hydrogen) atoms. The molecule has 1 unspecified atom stereocenters. The van der Waals surface area contributed by atoms with Crippen LogP contribution in [-0.4, -0.2) is 0 Å². The van der Waals surface area contributed by atoms with Crippen LogP contribution in [0.25, 0.3) is 0 Å². The number of hydrogen-bond donors (Lipinski definition) is 0. The molecule has 0 N–H and O–H groups in total. The van der Waals surface area contributed by atoms with Crippen molar-refractivity contribution in [2.24, 2.45) is 11.8 Å². The van der Waals surface area contributed by atoms with Crippen LogP contribution in [0.3, 0.4) is 0 Å². The highest BCUT2D eigenvalue weighted by Crippen LogP contribution is 2.18. The lowest BCUT2D eigenvalue weighted by molar-refractivity contribution is 0.420. The van der Waals surface area contributed by atoms with Gasteiger partial charge < -0.3 is 0 Å². The maximum atomic E-state index is 2.40. The Hall–Kier alpha value is -0.260. The Bertz CT molecular complexity index is 163. The van der Waals surface area contributed by atoms with E-state index in [2.05, 4.69) is 40.7 Å². The average molecular weight is 210 g/mol. The Morgan fingerprint density at radius 3 is 2.13 bits per heavy atom. The Morgan fingerprint density at radius 2 is 1.60 bits per heavy atom. The first-order valence-electron chi connectivity index (χ1n) is 6.69. The summed E-state index contributed by atoms with van der Waals surface area (Å²) in [6.07, 6.45) is 10.6. The molecule has 0 amide bonds. The van der Waals surface area contributed by atoms with Crippen LogP contribution in [0.4, 0.5) is 0 Å². The summed E-state index contributed by atoms with van der Waals surface area (Å²) in [5, 5.41) is 0. The van der Waals surface area contributed by atoms with Crippen LogP contribution in [0.5, 0.6) is 0 Å². The van der Waals surface area contributed by atoms with Gasteiger partial charge in [-0.15, -0.1) is 0 Å². The monoisotopic (exact) mass is 210 g/mol. The average Bonchev–Trinajstić information content (AvgIpc) is 2.17. The Kier molecular flexibility index (Phi) is 8.85. The van der Waals surface area contributed by atoms with Crippen molar-refractivity contribution < 1.29 is 0 Å². The van der Waals surface area contributed by atoms with Crippen molar-refractivity contribution in [3.05, 3.63) is 11.6 Å². The molecule has 0 aromatic heterocycles. The molecule has 0 heterocycles. The molecule has 0 radical (unpaired) electrons. The van der Waals surface area contributed by atoms with Gasteiger partial charge in [0.05, 0.1) is 0 Å². The summed E-state index contributed by atoms with van der Waals surface area (Å²) in [6.45, 7) is 11.4. The first kappa shape index (κ1) is 14.7. The van der Waals surface area contributed by atoms with Crippen LogP contribution in [0.1, 0.15) is 73.1 Å². The third-order valence-electron chi connectivity index (χ3n) is 3.30. The Balaban J connectivity index is 3.41. The lowest BCUT2D eigenvalue weighted by Gasteiger charge is -2.12. The molecule has 0 spiro atoms. The molecule has 0 aliphatic carbocycles. The molecule has 0 aliphatic rings. The van der Waals surface area contributed by atoms with E-state index in [9.17, 15) is 0 Å². The SMILES string of the molecule is CCC(C)CCC[C@@H](C)CCC=C(C)C. The van der Waals surface area contributed by atoms with Crippen molar-refractivity contribution in [1.29, 1.82) is 0 Å². The molecular formula is C15H30. The van der Waals surface area contributed by atoms with Crippen LogP contribution in [-0.2, 0) is 0 Å². The normalized spacial score (nSPS) is 14.7. The quantitative estimate of drug-likeness (QED) is 0.458. The van der Waals surface area contributed by atoms with Gasteiger partial charge in [0.1, 0.15) is 0 Å². The smallest absolute Gasteiger partial charge is 0.0346 e. The molecular weight excluding hydrogens is 180 g/mol. The highest BCUT2D eigenvalue weighted by atomic mass is 14.1. The van der Waals surface area contributed by atoms with Crippen LogP contribution in [0.2, 0.25) is 0 Å². The van der Waals surface area contributed by atoms with Gasteiger partial charge in [-0.3, -0.25) is 0 Å². The van der Waals surface area contributed by atoms with E-state index >= 15 is 0 Å². The van der Waals surface area contributed by atoms with E-state index in [4.69, 9.17) is 0 Å². The van der Waals surface area contributed by atoms with Gasteiger partial charge in [0.2, 0.25) is 0 Å². The topological polar surface area (TPSA) is 0 Å². The predicted molar refractivity (Wildman–Crippen MR) is 71.1 cm³/mol. The highest BCUT2D eigenvalue weighted by Gasteiger charge is 2.03. The van der Waals surface area contributed by atoms with E-state index < -0.39 is 0 Å². The second kappa shape index (κ2) is 9.00. The van der Waals surface area contributed by atoms with Gasteiger partial charge in [0.25, 0.3) is 0 Å². The number of rotatable bonds is 8. The van der Waals surface area contributed by atoms with Gasteiger partial charge in [-0.2, -0.15) is 0 Å². The van der Waals surface area contributed by atoms with Gasteiger partial charge in [-0.05, 0) is 38.5 Å². The summed E-state index contributed by atoms with van der Waals surface area (Å²) in [7, 11) is 0. The van der Waals surface area contributed by atoms with Crippen LogP contribution < -0.4 is 0 Å². The Labute approximate surface area is 97.2 Å². The van der Waals surface area contributed by atoms with Crippen molar-refractivity contribution in [3.63, 3.8) is 0 Å². The molecule has 0 heteroatoms. The number of hydrogen-bond acceptors (Lipinski definition) is 0. The molecule has 0 rings (SSSR count). The molecule has 0 fully saturated rings. The molecule has 0 aromatic carbocycles. The van der Waals surface area contributed by atoms with E-state index in [0.29, 0.717) is 0 Å². The van der Waals surface area contributed by atoms with Crippen molar-refractivity contribution in [2.75, 3.05) is 0 Å². The zero-order valence-electron chi connectivity index (χ0n) is 11.5. The summed E-state index contributed by atoms with van der Waals surface area (Å²) < 4.78 is 0. The fraction of sp³-hybridized carbons (Fsp3) is 0.867. The van der Waals surface area contributed by atoms with Gasteiger partial charge in [0.15, 0.2) is 0 Å². The lowest BCUT2D eigenvalue weighted by atomic mass is 9.94. The maximum absolute atomic E-state index is 2.40. The first-order valence-corrected chi connectivity index (χ1v) is 6.69. The summed E-state index contributed by atoms with van der Waals surface area (Å²) in [5.41, 5.74) is 1.46. The molecule has 0 aliphatic heterocycles. The van der Waals surface area contributed by atoms with E-state index in [1.165, 1.54) is 44.1 Å². The van der Waals surface area contributed by atoms with E-state index in [-0.39, 0.29) is 0 Å². The maximum Gasteiger partial charge on any atom is -0.0346 e. The lowest BCUT2D eigenvalue weighted by Crippen LogP contribution is -1.97. The summed E-state index contributed by atoms with van der Waals surface area (Å²) in [6, 6.07) is 0. The predicted octanol–water partition coefficient (Wildman–Crippen LogP) is 5.59. The van der Waals surface area contributed by atoms with Gasteiger partial charge in [-0.1, -0.05) is 58.1 Å². The minimum absolute atomic E-state index is 0.907. The van der Waals surface area contributed by atoms with Crippen molar-refractivity contribution in [1.82, 2.24) is 0 Å². The molecule has 2 atom stereocenters. The molecule has 0 saturated carbocycles. The first-order chi connectivity index (χ1) is 7.06. The van der Waals surface area contributed by atoms with Crippen molar-refractivity contribution in [3.8, 4) is 0 Å². The zero-order valence-corrected chi connectivity index (χ0v) is 11.5. The second-order valence-electron chi connectivity index (χ2n) is 5.41.